The summed E-state index contributed by atoms with van der Waals surface area (Å²) in [5.74, 6) is 1.24. The normalized spacial score (nSPS) is 19.7. The van der Waals surface area contributed by atoms with Crippen LogP contribution in [0, 0.1) is 6.92 Å². The lowest BCUT2D eigenvalue weighted by Gasteiger charge is -2.33. The minimum Gasteiger partial charge on any atom is -0.330 e. The number of aryl methyl sites for hydroxylation is 1. The molecule has 0 radical (unpaired) electrons. The smallest absolute Gasteiger partial charge is 0.226 e. The Bertz CT molecular complexity index is 1030. The summed E-state index contributed by atoms with van der Waals surface area (Å²) in [5.41, 5.74) is 3.93. The van der Waals surface area contributed by atoms with Crippen molar-refractivity contribution in [3.63, 3.8) is 0 Å². The fourth-order valence-corrected chi connectivity index (χ4v) is 5.54. The predicted molar refractivity (Wildman–Crippen MR) is 120 cm³/mol. The number of benzene rings is 1. The number of thiophene rings is 1. The number of piperazine rings is 1. The van der Waals surface area contributed by atoms with Crippen molar-refractivity contribution < 1.29 is 9.69 Å². The van der Waals surface area contributed by atoms with Crippen LogP contribution in [0.3, 0.4) is 0 Å². The zero-order valence-electron chi connectivity index (χ0n) is 17.3. The topological polar surface area (TPSA) is 50.5 Å². The van der Waals surface area contributed by atoms with Crippen molar-refractivity contribution >= 4 is 23.1 Å². The average molecular weight is 420 g/mol. The highest BCUT2D eigenvalue weighted by Crippen LogP contribution is 2.35. The average Bonchev–Trinajstić information content (AvgIpc) is 3.29. The lowest BCUT2D eigenvalue weighted by molar-refractivity contribution is -0.914. The molecule has 0 saturated carbocycles. The van der Waals surface area contributed by atoms with Gasteiger partial charge < -0.3 is 9.80 Å². The Labute approximate surface area is 181 Å². The molecule has 1 atom stereocenters. The van der Waals surface area contributed by atoms with Gasteiger partial charge in [0.15, 0.2) is 5.78 Å². The molecule has 30 heavy (non-hydrogen) atoms. The van der Waals surface area contributed by atoms with Crippen LogP contribution >= 0.6 is 11.3 Å². The number of ketones is 1. The van der Waals surface area contributed by atoms with Crippen LogP contribution in [-0.2, 0) is 13.0 Å². The SMILES string of the molecule is Cc1nc(N2CC[NH+](Cc3ccccc3)CC2)nc2c1C(=O)C[C@H](c1cccs1)C2. The first kappa shape index (κ1) is 19.4. The van der Waals surface area contributed by atoms with Gasteiger partial charge in [-0.1, -0.05) is 36.4 Å². The molecular weight excluding hydrogens is 392 g/mol. The summed E-state index contributed by atoms with van der Waals surface area (Å²) in [6.07, 6.45) is 1.40. The Morgan fingerprint density at radius 2 is 1.87 bits per heavy atom. The van der Waals surface area contributed by atoms with Crippen LogP contribution in [0.15, 0.2) is 47.8 Å². The summed E-state index contributed by atoms with van der Waals surface area (Å²) in [6.45, 7) is 7.07. The van der Waals surface area contributed by atoms with Gasteiger partial charge in [0, 0.05) is 22.8 Å². The molecule has 6 heteroatoms. The number of hydrogen-bond donors (Lipinski definition) is 1. The summed E-state index contributed by atoms with van der Waals surface area (Å²) in [5, 5.41) is 2.09. The Kier molecular flexibility index (Phi) is 5.35. The maximum absolute atomic E-state index is 12.8. The van der Waals surface area contributed by atoms with Gasteiger partial charge >= 0.3 is 0 Å². The summed E-state index contributed by atoms with van der Waals surface area (Å²) in [6, 6.07) is 14.9. The second-order valence-corrected chi connectivity index (χ2v) is 9.35. The van der Waals surface area contributed by atoms with Crippen LogP contribution in [0.25, 0.3) is 0 Å². The van der Waals surface area contributed by atoms with Crippen LogP contribution in [0.1, 0.15) is 44.5 Å². The quantitative estimate of drug-likeness (QED) is 0.706. The van der Waals surface area contributed by atoms with E-state index in [1.807, 2.05) is 6.92 Å². The number of hydrogen-bond acceptors (Lipinski definition) is 5. The van der Waals surface area contributed by atoms with E-state index in [0.29, 0.717) is 6.42 Å². The molecule has 3 aromatic rings. The third-order valence-electron chi connectivity index (χ3n) is 6.30. The number of aromatic nitrogens is 2. The second kappa shape index (κ2) is 8.28. The van der Waals surface area contributed by atoms with Crippen LogP contribution in [0.4, 0.5) is 5.95 Å². The Morgan fingerprint density at radius 1 is 1.07 bits per heavy atom. The van der Waals surface area contributed by atoms with Crippen molar-refractivity contribution in [2.24, 2.45) is 0 Å². The number of rotatable bonds is 4. The number of nitrogens with zero attached hydrogens (tertiary/aromatic N) is 3. The minimum atomic E-state index is 0.191. The Balaban J connectivity index is 1.31. The fraction of sp³-hybridized carbons (Fsp3) is 0.375. The molecule has 5 rings (SSSR count). The third-order valence-corrected chi connectivity index (χ3v) is 7.33. The van der Waals surface area contributed by atoms with Crippen molar-refractivity contribution in [3.8, 4) is 0 Å². The highest BCUT2D eigenvalue weighted by molar-refractivity contribution is 7.10. The molecule has 1 aliphatic heterocycles. The summed E-state index contributed by atoms with van der Waals surface area (Å²) < 4.78 is 0. The molecule has 0 spiro atoms. The number of quaternary nitrogens is 1. The Hall–Kier alpha value is -2.57. The molecule has 0 bridgehead atoms. The second-order valence-electron chi connectivity index (χ2n) is 8.37. The van der Waals surface area contributed by atoms with E-state index in [9.17, 15) is 4.79 Å². The molecule has 0 unspecified atom stereocenters. The molecule has 1 fully saturated rings. The first-order valence-electron chi connectivity index (χ1n) is 10.7. The largest absolute Gasteiger partial charge is 0.330 e. The van der Waals surface area contributed by atoms with E-state index in [1.54, 1.807) is 16.2 Å². The molecular formula is C24H27N4OS+. The van der Waals surface area contributed by atoms with Gasteiger partial charge in [-0.3, -0.25) is 4.79 Å². The summed E-state index contributed by atoms with van der Waals surface area (Å²) in [4.78, 5) is 27.6. The van der Waals surface area contributed by atoms with Crippen molar-refractivity contribution in [1.82, 2.24) is 9.97 Å². The first-order chi connectivity index (χ1) is 14.7. The number of nitrogens with one attached hydrogen (secondary N) is 1. The van der Waals surface area contributed by atoms with Crippen LogP contribution in [0.5, 0.6) is 0 Å². The molecule has 1 N–H and O–H groups in total. The monoisotopic (exact) mass is 419 g/mol. The van der Waals surface area contributed by atoms with Gasteiger partial charge in [-0.05, 0) is 24.8 Å². The molecule has 2 aliphatic rings. The Morgan fingerprint density at radius 3 is 2.60 bits per heavy atom. The molecule has 5 nitrogen and oxygen atoms in total. The number of carbonyl (C=O) groups excluding carboxylic acids is 1. The summed E-state index contributed by atoms with van der Waals surface area (Å²) >= 11 is 1.73. The van der Waals surface area contributed by atoms with E-state index in [1.165, 1.54) is 10.4 Å². The third kappa shape index (κ3) is 3.89. The van der Waals surface area contributed by atoms with E-state index in [2.05, 4.69) is 52.7 Å². The number of Topliss-reactive ketones (excluding diaryl/α,β-unsaturated/α-hetero) is 1. The van der Waals surface area contributed by atoms with Crippen LogP contribution in [-0.4, -0.2) is 41.9 Å². The van der Waals surface area contributed by atoms with E-state index in [0.717, 1.165) is 62.0 Å². The highest BCUT2D eigenvalue weighted by Gasteiger charge is 2.31. The highest BCUT2D eigenvalue weighted by atomic mass is 32.1. The number of anilines is 1. The van der Waals surface area contributed by atoms with Crippen molar-refractivity contribution in [2.45, 2.75) is 32.2 Å². The van der Waals surface area contributed by atoms with Gasteiger partial charge in [-0.25, -0.2) is 9.97 Å². The first-order valence-corrected chi connectivity index (χ1v) is 11.6. The lowest BCUT2D eigenvalue weighted by atomic mass is 9.84. The van der Waals surface area contributed by atoms with Gasteiger partial charge in [0.25, 0.3) is 0 Å². The standard InChI is InChI=1S/C24H26N4OS/c1-17-23-20(14-19(15-21(23)29)22-8-5-13-30-22)26-24(25-17)28-11-9-27(10-12-28)16-18-6-3-2-4-7-18/h2-8,13,19H,9-12,14-16H2,1H3/p+1/t19-/m1/s1. The molecule has 1 aliphatic carbocycles. The number of carbonyl (C=O) groups is 1. The van der Waals surface area contributed by atoms with E-state index in [-0.39, 0.29) is 11.7 Å². The zero-order valence-corrected chi connectivity index (χ0v) is 18.1. The van der Waals surface area contributed by atoms with Crippen molar-refractivity contribution in [2.75, 3.05) is 31.1 Å². The van der Waals surface area contributed by atoms with Gasteiger partial charge in [0.1, 0.15) is 6.54 Å². The zero-order chi connectivity index (χ0) is 20.5. The van der Waals surface area contributed by atoms with Gasteiger partial charge in [-0.2, -0.15) is 0 Å². The molecule has 1 saturated heterocycles. The van der Waals surface area contributed by atoms with Gasteiger partial charge in [-0.15, -0.1) is 11.3 Å². The van der Waals surface area contributed by atoms with Crippen LogP contribution < -0.4 is 9.80 Å². The van der Waals surface area contributed by atoms with E-state index >= 15 is 0 Å². The van der Waals surface area contributed by atoms with E-state index < -0.39 is 0 Å². The van der Waals surface area contributed by atoms with E-state index in [4.69, 9.17) is 9.97 Å². The molecule has 154 valence electrons. The predicted octanol–water partition coefficient (Wildman–Crippen LogP) is 2.66. The maximum Gasteiger partial charge on any atom is 0.226 e. The van der Waals surface area contributed by atoms with Crippen LogP contribution in [0.2, 0.25) is 0 Å². The molecule has 1 aromatic carbocycles. The van der Waals surface area contributed by atoms with Gasteiger partial charge in [0.05, 0.1) is 43.1 Å². The summed E-state index contributed by atoms with van der Waals surface area (Å²) in [7, 11) is 0. The number of fused-ring (bicyclic) bond motifs is 1. The molecule has 3 heterocycles. The van der Waals surface area contributed by atoms with Gasteiger partial charge in [0.2, 0.25) is 5.95 Å². The molecule has 2 aromatic heterocycles. The lowest BCUT2D eigenvalue weighted by Crippen LogP contribution is -3.13. The maximum atomic E-state index is 12.8. The van der Waals surface area contributed by atoms with Crippen molar-refractivity contribution in [3.05, 3.63) is 75.2 Å². The van der Waals surface area contributed by atoms with Crippen molar-refractivity contribution in [1.29, 1.82) is 0 Å². The molecule has 0 amide bonds. The minimum absolute atomic E-state index is 0.191. The fourth-order valence-electron chi connectivity index (χ4n) is 4.71.